The third kappa shape index (κ3) is 1.01. The molecule has 0 heterocycles. The summed E-state index contributed by atoms with van der Waals surface area (Å²) < 4.78 is 0. The topological polar surface area (TPSA) is 20.2 Å². The van der Waals surface area contributed by atoms with Crippen molar-refractivity contribution in [1.82, 2.24) is 0 Å². The van der Waals surface area contributed by atoms with Crippen molar-refractivity contribution >= 4 is 0 Å². The van der Waals surface area contributed by atoms with Crippen molar-refractivity contribution in [1.29, 1.82) is 0 Å². The van der Waals surface area contributed by atoms with Gasteiger partial charge in [-0.3, -0.25) is 0 Å². The van der Waals surface area contributed by atoms with Gasteiger partial charge >= 0.3 is 0 Å². The molecule has 1 aliphatic rings. The molecule has 0 bridgehead atoms. The van der Waals surface area contributed by atoms with Gasteiger partial charge < -0.3 is 5.11 Å². The predicted octanol–water partition coefficient (Wildman–Crippen LogP) is 2.44. The van der Waals surface area contributed by atoms with Crippen LogP contribution in [0.15, 0.2) is 18.2 Å². The zero-order chi connectivity index (χ0) is 7.84. The van der Waals surface area contributed by atoms with Gasteiger partial charge in [0.1, 0.15) is 5.75 Å². The van der Waals surface area contributed by atoms with Gasteiger partial charge in [0.05, 0.1) is 0 Å². The first-order valence-electron chi connectivity index (χ1n) is 4.09. The molecule has 0 spiro atoms. The summed E-state index contributed by atoms with van der Waals surface area (Å²) in [4.78, 5) is 0. The maximum absolute atomic E-state index is 9.21. The molecule has 0 fully saturated rings. The Bertz CT molecular complexity index is 278. The molecule has 1 unspecified atom stereocenters. The summed E-state index contributed by atoms with van der Waals surface area (Å²) in [5, 5.41) is 9.21. The Morgan fingerprint density at radius 2 is 2.27 bits per heavy atom. The van der Waals surface area contributed by atoms with Gasteiger partial charge in [0.15, 0.2) is 0 Å². The third-order valence-corrected chi connectivity index (χ3v) is 2.51. The molecular formula is C10H12O. The van der Waals surface area contributed by atoms with Crippen LogP contribution in [0.4, 0.5) is 0 Å². The first-order valence-corrected chi connectivity index (χ1v) is 4.09. The molecule has 2 rings (SSSR count). The second-order valence-corrected chi connectivity index (χ2v) is 3.32. The van der Waals surface area contributed by atoms with E-state index >= 15 is 0 Å². The molecule has 1 N–H and O–H groups in total. The van der Waals surface area contributed by atoms with Crippen molar-refractivity contribution in [3.63, 3.8) is 0 Å². The summed E-state index contributed by atoms with van der Waals surface area (Å²) in [5.74, 6) is 1.04. The number of phenolic OH excluding ortho intramolecular Hbond substituents is 1. The Balaban J connectivity index is 2.52. The molecule has 0 amide bonds. The van der Waals surface area contributed by atoms with E-state index in [4.69, 9.17) is 0 Å². The van der Waals surface area contributed by atoms with Crippen molar-refractivity contribution in [3.05, 3.63) is 29.3 Å². The SMILES string of the molecule is CC1CCc2ccc(O)cc21. The van der Waals surface area contributed by atoms with E-state index in [1.807, 2.05) is 12.1 Å². The van der Waals surface area contributed by atoms with Gasteiger partial charge in [-0.25, -0.2) is 0 Å². The standard InChI is InChI=1S/C10H12O/c1-7-2-3-8-4-5-9(11)6-10(7)8/h4-7,11H,2-3H2,1H3. The monoisotopic (exact) mass is 148 g/mol. The molecule has 1 heteroatoms. The molecule has 1 aromatic carbocycles. The molecule has 0 radical (unpaired) electrons. The van der Waals surface area contributed by atoms with E-state index in [2.05, 4.69) is 6.92 Å². The van der Waals surface area contributed by atoms with Crippen LogP contribution in [0.5, 0.6) is 5.75 Å². The number of benzene rings is 1. The lowest BCUT2D eigenvalue weighted by molar-refractivity contribution is 0.474. The fraction of sp³-hybridized carbons (Fsp3) is 0.400. The number of fused-ring (bicyclic) bond motifs is 1. The smallest absolute Gasteiger partial charge is 0.115 e. The van der Waals surface area contributed by atoms with E-state index in [0.717, 1.165) is 0 Å². The number of phenols is 1. The molecule has 11 heavy (non-hydrogen) atoms. The van der Waals surface area contributed by atoms with Gasteiger partial charge in [-0.1, -0.05) is 13.0 Å². The Hall–Kier alpha value is -0.980. The lowest BCUT2D eigenvalue weighted by Crippen LogP contribution is -1.84. The highest BCUT2D eigenvalue weighted by Gasteiger charge is 2.17. The molecule has 1 aliphatic carbocycles. The maximum Gasteiger partial charge on any atom is 0.115 e. The molecule has 0 aromatic heterocycles. The highest BCUT2D eigenvalue weighted by Crippen LogP contribution is 2.34. The van der Waals surface area contributed by atoms with Gasteiger partial charge in [-0.15, -0.1) is 0 Å². The second-order valence-electron chi connectivity index (χ2n) is 3.32. The molecule has 0 saturated heterocycles. The van der Waals surface area contributed by atoms with E-state index in [-0.39, 0.29) is 0 Å². The van der Waals surface area contributed by atoms with Gasteiger partial charge in [-0.2, -0.15) is 0 Å². The summed E-state index contributed by atoms with van der Waals surface area (Å²) in [7, 11) is 0. The van der Waals surface area contributed by atoms with Crippen LogP contribution in [0.1, 0.15) is 30.4 Å². The Morgan fingerprint density at radius 1 is 1.45 bits per heavy atom. The molecule has 0 aliphatic heterocycles. The van der Waals surface area contributed by atoms with Crippen LogP contribution < -0.4 is 0 Å². The van der Waals surface area contributed by atoms with Crippen molar-refractivity contribution in [2.75, 3.05) is 0 Å². The predicted molar refractivity (Wildman–Crippen MR) is 44.8 cm³/mol. The Morgan fingerprint density at radius 3 is 3.09 bits per heavy atom. The number of hydrogen-bond donors (Lipinski definition) is 1. The first-order chi connectivity index (χ1) is 5.27. The van der Waals surface area contributed by atoms with Crippen molar-refractivity contribution in [3.8, 4) is 5.75 Å². The summed E-state index contributed by atoms with van der Waals surface area (Å²) in [6.45, 7) is 2.21. The molecule has 1 aromatic rings. The normalized spacial score (nSPS) is 21.7. The van der Waals surface area contributed by atoms with E-state index in [1.165, 1.54) is 24.0 Å². The average molecular weight is 148 g/mol. The Labute approximate surface area is 66.7 Å². The fourth-order valence-corrected chi connectivity index (χ4v) is 1.80. The van der Waals surface area contributed by atoms with Crippen LogP contribution >= 0.6 is 0 Å². The van der Waals surface area contributed by atoms with Crippen molar-refractivity contribution < 1.29 is 5.11 Å². The van der Waals surface area contributed by atoms with E-state index in [1.54, 1.807) is 6.07 Å². The van der Waals surface area contributed by atoms with Crippen LogP contribution in [-0.2, 0) is 6.42 Å². The van der Waals surface area contributed by atoms with Crippen LogP contribution in [0.25, 0.3) is 0 Å². The number of aromatic hydroxyl groups is 1. The van der Waals surface area contributed by atoms with Crippen LogP contribution in [0, 0.1) is 0 Å². The van der Waals surface area contributed by atoms with Crippen LogP contribution in [0.3, 0.4) is 0 Å². The zero-order valence-corrected chi connectivity index (χ0v) is 6.67. The highest BCUT2D eigenvalue weighted by molar-refractivity contribution is 5.39. The van der Waals surface area contributed by atoms with E-state index in [9.17, 15) is 5.11 Å². The van der Waals surface area contributed by atoms with E-state index in [0.29, 0.717) is 11.7 Å². The average Bonchev–Trinajstić information content (AvgIpc) is 2.33. The molecule has 1 atom stereocenters. The molecule has 58 valence electrons. The van der Waals surface area contributed by atoms with Crippen LogP contribution in [0.2, 0.25) is 0 Å². The van der Waals surface area contributed by atoms with Gasteiger partial charge in [0, 0.05) is 0 Å². The van der Waals surface area contributed by atoms with Gasteiger partial charge in [0.2, 0.25) is 0 Å². The highest BCUT2D eigenvalue weighted by atomic mass is 16.3. The largest absolute Gasteiger partial charge is 0.508 e. The fourth-order valence-electron chi connectivity index (χ4n) is 1.80. The zero-order valence-electron chi connectivity index (χ0n) is 6.67. The minimum atomic E-state index is 0.400. The van der Waals surface area contributed by atoms with Crippen molar-refractivity contribution in [2.24, 2.45) is 0 Å². The number of hydrogen-bond acceptors (Lipinski definition) is 1. The minimum Gasteiger partial charge on any atom is -0.508 e. The van der Waals surface area contributed by atoms with Gasteiger partial charge in [0.25, 0.3) is 0 Å². The van der Waals surface area contributed by atoms with Gasteiger partial charge in [-0.05, 0) is 42.0 Å². The number of rotatable bonds is 0. The summed E-state index contributed by atoms with van der Waals surface area (Å²) in [5.41, 5.74) is 2.75. The van der Waals surface area contributed by atoms with E-state index < -0.39 is 0 Å². The molecule has 0 saturated carbocycles. The minimum absolute atomic E-state index is 0.400. The summed E-state index contributed by atoms with van der Waals surface area (Å²) in [6, 6.07) is 5.71. The summed E-state index contributed by atoms with van der Waals surface area (Å²) in [6.07, 6.45) is 2.41. The lowest BCUT2D eigenvalue weighted by Gasteiger charge is -2.03. The summed E-state index contributed by atoms with van der Waals surface area (Å²) >= 11 is 0. The number of aryl methyl sites for hydroxylation is 1. The van der Waals surface area contributed by atoms with Crippen LogP contribution in [-0.4, -0.2) is 5.11 Å². The third-order valence-electron chi connectivity index (χ3n) is 2.51. The maximum atomic E-state index is 9.21. The quantitative estimate of drug-likeness (QED) is 0.599. The first kappa shape index (κ1) is 6.71. The van der Waals surface area contributed by atoms with Crippen molar-refractivity contribution in [2.45, 2.75) is 25.7 Å². The molecular weight excluding hydrogens is 136 g/mol. The lowest BCUT2D eigenvalue weighted by atomic mass is 10.0. The second kappa shape index (κ2) is 2.26. The Kier molecular flexibility index (Phi) is 1.38. The molecule has 1 nitrogen and oxygen atoms in total.